The van der Waals surface area contributed by atoms with Gasteiger partial charge in [-0.05, 0) is 42.7 Å². The molecule has 1 heterocycles. The van der Waals surface area contributed by atoms with E-state index in [1.165, 1.54) is 24.8 Å². The minimum absolute atomic E-state index is 0.649. The summed E-state index contributed by atoms with van der Waals surface area (Å²) >= 11 is 6.22. The Morgan fingerprint density at radius 3 is 2.83 bits per heavy atom. The van der Waals surface area contributed by atoms with Crippen LogP contribution in [0.25, 0.3) is 0 Å². The maximum Gasteiger partial charge on any atom is 0.0507 e. The predicted molar refractivity (Wildman–Crippen MR) is 74.1 cm³/mol. The average Bonchev–Trinajstić information content (AvgIpc) is 2.82. The van der Waals surface area contributed by atoms with E-state index in [0.717, 1.165) is 30.7 Å². The first-order valence-corrected chi connectivity index (χ1v) is 7.26. The summed E-state index contributed by atoms with van der Waals surface area (Å²) in [6, 6.07) is 8.91. The van der Waals surface area contributed by atoms with E-state index in [1.807, 2.05) is 12.1 Å². The monoisotopic (exact) mass is 265 g/mol. The van der Waals surface area contributed by atoms with Crippen LogP contribution in [0, 0.1) is 5.92 Å². The van der Waals surface area contributed by atoms with Gasteiger partial charge in [-0.3, -0.25) is 0 Å². The second kappa shape index (κ2) is 5.60. The molecule has 1 unspecified atom stereocenters. The quantitative estimate of drug-likeness (QED) is 0.903. The van der Waals surface area contributed by atoms with Gasteiger partial charge in [0.1, 0.15) is 0 Å². The summed E-state index contributed by atoms with van der Waals surface area (Å²) in [5, 5.41) is 4.58. The summed E-state index contributed by atoms with van der Waals surface area (Å²) in [4.78, 5) is 0. The van der Waals surface area contributed by atoms with E-state index in [0.29, 0.717) is 12.0 Å². The van der Waals surface area contributed by atoms with Crippen molar-refractivity contribution < 1.29 is 4.74 Å². The summed E-state index contributed by atoms with van der Waals surface area (Å²) in [6.45, 7) is 2.99. The molecule has 2 fully saturated rings. The van der Waals surface area contributed by atoms with Gasteiger partial charge in [0, 0.05) is 24.2 Å². The summed E-state index contributed by atoms with van der Waals surface area (Å²) in [5.41, 5.74) is 1.32. The molecule has 1 aliphatic heterocycles. The first-order chi connectivity index (χ1) is 8.83. The highest BCUT2D eigenvalue weighted by Crippen LogP contribution is 2.39. The van der Waals surface area contributed by atoms with Gasteiger partial charge in [0.2, 0.25) is 0 Å². The third kappa shape index (κ3) is 2.71. The van der Waals surface area contributed by atoms with Crippen molar-refractivity contribution in [1.82, 2.24) is 5.32 Å². The number of rotatable bonds is 4. The maximum absolute atomic E-state index is 6.22. The molecule has 18 heavy (non-hydrogen) atoms. The van der Waals surface area contributed by atoms with Crippen LogP contribution in [-0.2, 0) is 4.74 Å². The third-order valence-electron chi connectivity index (χ3n) is 4.20. The molecule has 2 aliphatic rings. The first-order valence-electron chi connectivity index (χ1n) is 6.88. The van der Waals surface area contributed by atoms with Gasteiger partial charge < -0.3 is 10.1 Å². The standard InChI is InChI=1S/C15H20ClNO/c16-15-4-2-1-3-14(15)12-7-13(8-12)17-9-11-5-6-18-10-11/h1-4,11-13,17H,5-10H2. The van der Waals surface area contributed by atoms with Gasteiger partial charge >= 0.3 is 0 Å². The molecule has 1 aromatic rings. The van der Waals surface area contributed by atoms with Gasteiger partial charge in [0.15, 0.2) is 0 Å². The van der Waals surface area contributed by atoms with Crippen LogP contribution in [0.1, 0.15) is 30.7 Å². The van der Waals surface area contributed by atoms with E-state index in [2.05, 4.69) is 17.4 Å². The topological polar surface area (TPSA) is 21.3 Å². The highest BCUT2D eigenvalue weighted by atomic mass is 35.5. The van der Waals surface area contributed by atoms with Crippen LogP contribution in [0.4, 0.5) is 0 Å². The fourth-order valence-corrected chi connectivity index (χ4v) is 3.21. The van der Waals surface area contributed by atoms with Gasteiger partial charge in [-0.1, -0.05) is 29.8 Å². The fourth-order valence-electron chi connectivity index (χ4n) is 2.92. The van der Waals surface area contributed by atoms with Crippen molar-refractivity contribution in [2.24, 2.45) is 5.92 Å². The lowest BCUT2D eigenvalue weighted by molar-refractivity contribution is 0.182. The van der Waals surface area contributed by atoms with Gasteiger partial charge in [-0.2, -0.15) is 0 Å². The van der Waals surface area contributed by atoms with Crippen molar-refractivity contribution in [3.05, 3.63) is 34.9 Å². The molecule has 0 bridgehead atoms. The molecule has 2 nitrogen and oxygen atoms in total. The molecule has 1 saturated carbocycles. The second-order valence-electron chi connectivity index (χ2n) is 5.52. The van der Waals surface area contributed by atoms with E-state index < -0.39 is 0 Å². The lowest BCUT2D eigenvalue weighted by atomic mass is 9.75. The predicted octanol–water partition coefficient (Wildman–Crippen LogP) is 3.21. The number of ether oxygens (including phenoxy) is 1. The Morgan fingerprint density at radius 2 is 2.11 bits per heavy atom. The van der Waals surface area contributed by atoms with E-state index in [4.69, 9.17) is 16.3 Å². The average molecular weight is 266 g/mol. The Kier molecular flexibility index (Phi) is 3.88. The highest BCUT2D eigenvalue weighted by molar-refractivity contribution is 6.31. The summed E-state index contributed by atoms with van der Waals surface area (Å²) in [7, 11) is 0. The van der Waals surface area contributed by atoms with Crippen LogP contribution in [-0.4, -0.2) is 25.8 Å². The smallest absolute Gasteiger partial charge is 0.0507 e. The van der Waals surface area contributed by atoms with Gasteiger partial charge in [-0.15, -0.1) is 0 Å². The molecule has 3 rings (SSSR count). The number of nitrogens with one attached hydrogen (secondary N) is 1. The minimum atomic E-state index is 0.649. The SMILES string of the molecule is Clc1ccccc1C1CC(NCC2CCOC2)C1. The zero-order chi connectivity index (χ0) is 12.4. The van der Waals surface area contributed by atoms with Crippen molar-refractivity contribution in [2.75, 3.05) is 19.8 Å². The molecule has 1 aliphatic carbocycles. The summed E-state index contributed by atoms with van der Waals surface area (Å²) in [5.74, 6) is 1.38. The zero-order valence-corrected chi connectivity index (χ0v) is 11.3. The fraction of sp³-hybridized carbons (Fsp3) is 0.600. The molecule has 3 heteroatoms. The zero-order valence-electron chi connectivity index (χ0n) is 10.6. The Balaban J connectivity index is 1.44. The minimum Gasteiger partial charge on any atom is -0.381 e. The largest absolute Gasteiger partial charge is 0.381 e. The van der Waals surface area contributed by atoms with Gasteiger partial charge in [0.05, 0.1) is 6.61 Å². The van der Waals surface area contributed by atoms with Crippen LogP contribution in [0.15, 0.2) is 24.3 Å². The molecule has 1 atom stereocenters. The maximum atomic E-state index is 6.22. The van der Waals surface area contributed by atoms with Crippen molar-refractivity contribution in [3.8, 4) is 0 Å². The molecule has 0 spiro atoms. The van der Waals surface area contributed by atoms with E-state index >= 15 is 0 Å². The van der Waals surface area contributed by atoms with Crippen LogP contribution < -0.4 is 5.32 Å². The first kappa shape index (κ1) is 12.5. The summed E-state index contributed by atoms with van der Waals surface area (Å²) < 4.78 is 5.39. The van der Waals surface area contributed by atoms with Crippen molar-refractivity contribution in [2.45, 2.75) is 31.2 Å². The van der Waals surface area contributed by atoms with Gasteiger partial charge in [0.25, 0.3) is 0 Å². The number of hydrogen-bond acceptors (Lipinski definition) is 2. The second-order valence-corrected chi connectivity index (χ2v) is 5.93. The molecule has 0 radical (unpaired) electrons. The van der Waals surface area contributed by atoms with Crippen LogP contribution in [0.5, 0.6) is 0 Å². The molecular formula is C15H20ClNO. The molecule has 1 N–H and O–H groups in total. The van der Waals surface area contributed by atoms with Crippen molar-refractivity contribution >= 4 is 11.6 Å². The Hall–Kier alpha value is -0.570. The number of halogens is 1. The van der Waals surface area contributed by atoms with Crippen LogP contribution >= 0.6 is 11.6 Å². The Labute approximate surface area is 114 Å². The Bertz CT molecular complexity index is 397. The third-order valence-corrected chi connectivity index (χ3v) is 4.55. The highest BCUT2D eigenvalue weighted by Gasteiger charge is 2.31. The molecule has 1 saturated heterocycles. The van der Waals surface area contributed by atoms with Gasteiger partial charge in [-0.25, -0.2) is 0 Å². The molecular weight excluding hydrogens is 246 g/mol. The van der Waals surface area contributed by atoms with Crippen molar-refractivity contribution in [3.63, 3.8) is 0 Å². The number of benzene rings is 1. The van der Waals surface area contributed by atoms with E-state index in [9.17, 15) is 0 Å². The normalized spacial score (nSPS) is 31.3. The molecule has 1 aromatic carbocycles. The lowest BCUT2D eigenvalue weighted by Gasteiger charge is -2.37. The van der Waals surface area contributed by atoms with Crippen LogP contribution in [0.3, 0.4) is 0 Å². The van der Waals surface area contributed by atoms with Crippen molar-refractivity contribution in [1.29, 1.82) is 0 Å². The summed E-state index contributed by atoms with van der Waals surface area (Å²) in [6.07, 6.45) is 3.66. The van der Waals surface area contributed by atoms with E-state index in [1.54, 1.807) is 0 Å². The Morgan fingerprint density at radius 1 is 1.28 bits per heavy atom. The molecule has 0 aromatic heterocycles. The van der Waals surface area contributed by atoms with E-state index in [-0.39, 0.29) is 0 Å². The molecule has 98 valence electrons. The van der Waals surface area contributed by atoms with Crippen LogP contribution in [0.2, 0.25) is 5.02 Å². The molecule has 0 amide bonds. The number of hydrogen-bond donors (Lipinski definition) is 1. The lowest BCUT2D eigenvalue weighted by Crippen LogP contribution is -2.42.